The smallest absolute Gasteiger partial charge is 0.407 e. The largest absolute Gasteiger partial charge is 0.609 e. The Labute approximate surface area is 190 Å². The van der Waals surface area contributed by atoms with Gasteiger partial charge in [-0.15, -0.1) is 0 Å². The zero-order chi connectivity index (χ0) is 23.4. The van der Waals surface area contributed by atoms with Crippen molar-refractivity contribution in [3.8, 4) is 11.3 Å². The van der Waals surface area contributed by atoms with E-state index in [0.717, 1.165) is 5.56 Å². The molecule has 4 rings (SSSR count). The molecule has 1 fully saturated rings. The standard InChI is InChI=1S/C21H29N7O3S/c1-20(2,3)16-21(4,7-9-27(16)19(29)30)28-8-6-13-14(12-10-23-17(22)24-11-12)25-18(32(5)31)26-15(13)28/h10-11,16H,6-9H2,1-5H3,(H,29,30)(H2,22,23,24)/t16?,21-,32?/m0/s1. The predicted molar refractivity (Wildman–Crippen MR) is 122 cm³/mol. The van der Waals surface area contributed by atoms with Gasteiger partial charge in [0.25, 0.3) is 0 Å². The molecule has 0 aliphatic carbocycles. The van der Waals surface area contributed by atoms with E-state index >= 15 is 0 Å². The highest BCUT2D eigenvalue weighted by Gasteiger charge is 2.56. The van der Waals surface area contributed by atoms with Crippen molar-refractivity contribution in [2.24, 2.45) is 5.41 Å². The van der Waals surface area contributed by atoms with Crippen LogP contribution in [-0.4, -0.2) is 71.5 Å². The molecule has 3 N–H and O–H groups in total. The number of hydrogen-bond acceptors (Lipinski definition) is 8. The van der Waals surface area contributed by atoms with Crippen molar-refractivity contribution in [3.05, 3.63) is 18.0 Å². The molecule has 1 saturated heterocycles. The minimum atomic E-state index is -1.40. The van der Waals surface area contributed by atoms with E-state index in [9.17, 15) is 14.5 Å². The fourth-order valence-corrected chi connectivity index (χ4v) is 5.83. The molecule has 0 spiro atoms. The Morgan fingerprint density at radius 3 is 2.50 bits per heavy atom. The van der Waals surface area contributed by atoms with Crippen LogP contribution in [0.1, 0.15) is 39.7 Å². The molecule has 0 bridgehead atoms. The van der Waals surface area contributed by atoms with Crippen LogP contribution in [0.3, 0.4) is 0 Å². The fraction of sp³-hybridized carbons (Fsp3) is 0.571. The van der Waals surface area contributed by atoms with Gasteiger partial charge < -0.3 is 25.2 Å². The van der Waals surface area contributed by atoms with Crippen LogP contribution < -0.4 is 10.6 Å². The number of nitrogen functional groups attached to an aromatic ring is 1. The number of aromatic nitrogens is 4. The summed E-state index contributed by atoms with van der Waals surface area (Å²) < 4.78 is 12.4. The summed E-state index contributed by atoms with van der Waals surface area (Å²) in [5, 5.41) is 10.1. The maximum atomic E-state index is 12.4. The average Bonchev–Trinajstić information content (AvgIpc) is 3.29. The third kappa shape index (κ3) is 3.62. The van der Waals surface area contributed by atoms with Gasteiger partial charge in [-0.3, -0.25) is 0 Å². The molecule has 2 aliphatic rings. The molecule has 32 heavy (non-hydrogen) atoms. The first-order valence-electron chi connectivity index (χ1n) is 10.5. The highest BCUT2D eigenvalue weighted by molar-refractivity contribution is 7.90. The van der Waals surface area contributed by atoms with Gasteiger partial charge in [-0.25, -0.2) is 14.8 Å². The van der Waals surface area contributed by atoms with Gasteiger partial charge in [0.1, 0.15) is 12.1 Å². The normalized spacial score (nSPS) is 24.0. The van der Waals surface area contributed by atoms with Crippen molar-refractivity contribution >= 4 is 29.0 Å². The van der Waals surface area contributed by atoms with Crippen molar-refractivity contribution in [2.75, 3.05) is 30.0 Å². The Balaban J connectivity index is 1.86. The number of carboxylic acid groups (broad SMARTS) is 1. The van der Waals surface area contributed by atoms with E-state index < -0.39 is 22.8 Å². The van der Waals surface area contributed by atoms with Crippen LogP contribution in [0.2, 0.25) is 0 Å². The van der Waals surface area contributed by atoms with Crippen LogP contribution in [-0.2, 0) is 17.6 Å². The number of fused-ring (bicyclic) bond motifs is 1. The Hall–Kier alpha value is -2.66. The van der Waals surface area contributed by atoms with Crippen molar-refractivity contribution in [1.82, 2.24) is 24.8 Å². The maximum Gasteiger partial charge on any atom is 0.407 e. The quantitative estimate of drug-likeness (QED) is 0.521. The zero-order valence-corrected chi connectivity index (χ0v) is 19.8. The Bertz CT molecular complexity index is 1040. The van der Waals surface area contributed by atoms with E-state index in [2.05, 4.69) is 47.5 Å². The van der Waals surface area contributed by atoms with E-state index in [1.807, 2.05) is 0 Å². The number of carbonyl (C=O) groups is 1. The lowest BCUT2D eigenvalue weighted by Crippen LogP contribution is -2.60. The molecule has 2 aromatic heterocycles. The molecular formula is C21H29N7O3S. The second-order valence-electron chi connectivity index (χ2n) is 9.69. The number of likely N-dealkylation sites (tertiary alicyclic amines) is 1. The third-order valence-corrected chi connectivity index (χ3v) is 7.15. The summed E-state index contributed by atoms with van der Waals surface area (Å²) in [6.45, 7) is 9.43. The van der Waals surface area contributed by atoms with Gasteiger partial charge in [0.2, 0.25) is 5.95 Å². The Kier molecular flexibility index (Phi) is 5.44. The highest BCUT2D eigenvalue weighted by Crippen LogP contribution is 2.47. The minimum absolute atomic E-state index is 0.167. The summed E-state index contributed by atoms with van der Waals surface area (Å²) in [5.41, 5.74) is 7.14. The lowest BCUT2D eigenvalue weighted by molar-refractivity contribution is 0.0843. The number of rotatable bonds is 3. The monoisotopic (exact) mass is 459 g/mol. The molecule has 10 nitrogen and oxygen atoms in total. The number of anilines is 2. The SMILES string of the molecule is C[S+]([O-])c1nc(-c2cnc(N)nc2)c2c(n1)N([C@@]1(C)CCN(C(=O)O)C1C(C)(C)C)CC2. The van der Waals surface area contributed by atoms with Crippen LogP contribution >= 0.6 is 0 Å². The van der Waals surface area contributed by atoms with Gasteiger partial charge in [-0.05, 0) is 25.2 Å². The number of amides is 1. The predicted octanol–water partition coefficient (Wildman–Crippen LogP) is 2.17. The van der Waals surface area contributed by atoms with E-state index in [1.54, 1.807) is 23.5 Å². The van der Waals surface area contributed by atoms with Crippen molar-refractivity contribution in [3.63, 3.8) is 0 Å². The molecule has 1 amide bonds. The van der Waals surface area contributed by atoms with Crippen molar-refractivity contribution in [1.29, 1.82) is 0 Å². The van der Waals surface area contributed by atoms with Crippen molar-refractivity contribution in [2.45, 2.75) is 57.3 Å². The molecule has 2 unspecified atom stereocenters. The average molecular weight is 460 g/mol. The molecule has 11 heteroatoms. The first-order chi connectivity index (χ1) is 14.9. The van der Waals surface area contributed by atoms with Crippen molar-refractivity contribution < 1.29 is 14.5 Å². The van der Waals surface area contributed by atoms with Crippen LogP contribution in [0.15, 0.2) is 17.6 Å². The third-order valence-electron chi connectivity index (χ3n) is 6.45. The van der Waals surface area contributed by atoms with Crippen LogP contribution in [0.5, 0.6) is 0 Å². The lowest BCUT2D eigenvalue weighted by atomic mass is 9.74. The van der Waals surface area contributed by atoms with Gasteiger partial charge in [0.05, 0.1) is 17.3 Å². The Morgan fingerprint density at radius 1 is 1.28 bits per heavy atom. The summed E-state index contributed by atoms with van der Waals surface area (Å²) in [5.74, 6) is 0.877. The molecule has 0 radical (unpaired) electrons. The topological polar surface area (TPSA) is 144 Å². The number of hydrogen-bond donors (Lipinski definition) is 2. The second-order valence-corrected chi connectivity index (χ2v) is 11.0. The Morgan fingerprint density at radius 2 is 1.94 bits per heavy atom. The fourth-order valence-electron chi connectivity index (χ4n) is 5.40. The molecular weight excluding hydrogens is 430 g/mol. The van der Waals surface area contributed by atoms with E-state index in [0.29, 0.717) is 43.0 Å². The van der Waals surface area contributed by atoms with Gasteiger partial charge in [-0.2, -0.15) is 9.97 Å². The van der Waals surface area contributed by atoms with Gasteiger partial charge >= 0.3 is 11.2 Å². The molecule has 2 aromatic rings. The van der Waals surface area contributed by atoms with Crippen LogP contribution in [0, 0.1) is 5.41 Å². The summed E-state index contributed by atoms with van der Waals surface area (Å²) in [4.78, 5) is 33.2. The lowest BCUT2D eigenvalue weighted by Gasteiger charge is -2.48. The first kappa shape index (κ1) is 22.5. The number of nitrogens with two attached hydrogens (primary N) is 1. The summed E-state index contributed by atoms with van der Waals surface area (Å²) in [6.07, 6.45) is 5.21. The van der Waals surface area contributed by atoms with E-state index in [-0.39, 0.29) is 22.6 Å². The minimum Gasteiger partial charge on any atom is -0.609 e. The zero-order valence-electron chi connectivity index (χ0n) is 19.0. The molecule has 3 atom stereocenters. The maximum absolute atomic E-state index is 12.4. The van der Waals surface area contributed by atoms with Gasteiger partial charge in [0.15, 0.2) is 0 Å². The molecule has 2 aliphatic heterocycles. The molecule has 172 valence electrons. The van der Waals surface area contributed by atoms with Gasteiger partial charge in [-0.1, -0.05) is 20.8 Å². The molecule has 4 heterocycles. The summed E-state index contributed by atoms with van der Waals surface area (Å²) in [6, 6.07) is -0.243. The summed E-state index contributed by atoms with van der Waals surface area (Å²) >= 11 is -1.40. The van der Waals surface area contributed by atoms with E-state index in [1.165, 1.54) is 0 Å². The summed E-state index contributed by atoms with van der Waals surface area (Å²) in [7, 11) is 0. The first-order valence-corrected chi connectivity index (χ1v) is 12.1. The highest BCUT2D eigenvalue weighted by atomic mass is 32.2. The van der Waals surface area contributed by atoms with Gasteiger partial charge in [0, 0.05) is 47.8 Å². The number of nitrogens with zero attached hydrogens (tertiary/aromatic N) is 6. The van der Waals surface area contributed by atoms with E-state index in [4.69, 9.17) is 10.7 Å². The molecule has 0 aromatic carbocycles. The van der Waals surface area contributed by atoms with Crippen LogP contribution in [0.25, 0.3) is 11.3 Å². The second kappa shape index (κ2) is 7.73. The van der Waals surface area contributed by atoms with Crippen LogP contribution in [0.4, 0.5) is 16.6 Å². The molecule has 0 saturated carbocycles.